The number of hydrogen-bond acceptors (Lipinski definition) is 4. The minimum atomic E-state index is -0.255. The van der Waals surface area contributed by atoms with Crippen LogP contribution < -0.4 is 4.74 Å². The summed E-state index contributed by atoms with van der Waals surface area (Å²) in [7, 11) is 1.67. The van der Waals surface area contributed by atoms with E-state index in [0.717, 1.165) is 44.7 Å². The zero-order valence-corrected chi connectivity index (χ0v) is 18.7. The van der Waals surface area contributed by atoms with E-state index in [-0.39, 0.29) is 11.9 Å². The number of aromatic amines is 2. The highest BCUT2D eigenvalue weighted by Gasteiger charge is 2.42. The van der Waals surface area contributed by atoms with Crippen molar-refractivity contribution in [1.29, 1.82) is 0 Å². The highest BCUT2D eigenvalue weighted by Crippen LogP contribution is 2.42. The van der Waals surface area contributed by atoms with Crippen LogP contribution >= 0.6 is 0 Å². The molecule has 0 unspecified atom stereocenters. The monoisotopic (exact) mass is 449 g/mol. The lowest BCUT2D eigenvalue weighted by atomic mass is 9.97. The third-order valence-corrected chi connectivity index (χ3v) is 6.42. The molecular weight excluding hydrogens is 426 g/mol. The molecule has 4 heterocycles. The van der Waals surface area contributed by atoms with E-state index in [2.05, 4.69) is 26.2 Å². The number of H-pyrrole nitrogens is 2. The second-order valence-corrected chi connectivity index (χ2v) is 8.41. The number of nitrogens with zero attached hydrogens (tertiary/aromatic N) is 3. The predicted octanol–water partition coefficient (Wildman–Crippen LogP) is 4.75. The van der Waals surface area contributed by atoms with Gasteiger partial charge in [0.2, 0.25) is 0 Å². The molecule has 7 nitrogen and oxygen atoms in total. The van der Waals surface area contributed by atoms with E-state index in [9.17, 15) is 4.79 Å². The number of methoxy groups -OCH3 is 1. The second-order valence-electron chi connectivity index (χ2n) is 8.41. The lowest BCUT2D eigenvalue weighted by molar-refractivity contribution is 0.0745. The number of hydrogen-bond donors (Lipinski definition) is 2. The molecule has 1 amide bonds. The summed E-state index contributed by atoms with van der Waals surface area (Å²) in [5.41, 5.74) is 6.33. The Hall–Kier alpha value is -4.39. The molecule has 1 aliphatic rings. The zero-order valence-electron chi connectivity index (χ0n) is 18.7. The Kier molecular flexibility index (Phi) is 4.87. The Labute approximate surface area is 196 Å². The number of pyridine rings is 1. The number of amides is 1. The van der Waals surface area contributed by atoms with Crippen LogP contribution in [-0.4, -0.2) is 44.6 Å². The van der Waals surface area contributed by atoms with Crippen LogP contribution in [0.25, 0.3) is 22.2 Å². The standard InChI is InChI=1S/C27H23N5O2/c1-34-21-9-10-22-19(15-21)14-20(29-22)11-13-32-26(18-8-5-12-28-16-18)23-24(17-6-3-2-4-7-17)30-31-25(23)27(32)33/h2-10,12,14-16,26,29H,11,13H2,1H3,(H,30,31)/t26-/m0/s1. The number of carbonyl (C=O) groups is 1. The van der Waals surface area contributed by atoms with Crippen molar-refractivity contribution in [2.75, 3.05) is 13.7 Å². The number of rotatable bonds is 6. The van der Waals surface area contributed by atoms with Crippen molar-refractivity contribution in [1.82, 2.24) is 25.1 Å². The molecule has 0 spiro atoms. The maximum atomic E-state index is 13.5. The van der Waals surface area contributed by atoms with Gasteiger partial charge in [-0.05, 0) is 35.9 Å². The van der Waals surface area contributed by atoms with Gasteiger partial charge >= 0.3 is 0 Å². The lowest BCUT2D eigenvalue weighted by Crippen LogP contribution is -2.31. The summed E-state index contributed by atoms with van der Waals surface area (Å²) in [5, 5.41) is 8.62. The normalized spacial score (nSPS) is 15.1. The minimum absolute atomic E-state index is 0.0451. The SMILES string of the molecule is COc1ccc2[nH]c(CCN3C(=O)c4[nH]nc(-c5ccccc5)c4[C@@H]3c3cccnc3)cc2c1. The van der Waals surface area contributed by atoms with Crippen molar-refractivity contribution < 1.29 is 9.53 Å². The van der Waals surface area contributed by atoms with Gasteiger partial charge < -0.3 is 14.6 Å². The minimum Gasteiger partial charge on any atom is -0.497 e. The van der Waals surface area contributed by atoms with Crippen LogP contribution in [0.2, 0.25) is 0 Å². The molecular formula is C27H23N5O2. The number of aromatic nitrogens is 4. The summed E-state index contributed by atoms with van der Waals surface area (Å²) in [4.78, 5) is 23.2. The quantitative estimate of drug-likeness (QED) is 0.392. The fourth-order valence-electron chi connectivity index (χ4n) is 4.80. The van der Waals surface area contributed by atoms with E-state index in [1.165, 1.54) is 0 Å². The van der Waals surface area contributed by atoms with Crippen molar-refractivity contribution in [3.05, 3.63) is 102 Å². The van der Waals surface area contributed by atoms with E-state index < -0.39 is 0 Å². The van der Waals surface area contributed by atoms with Gasteiger partial charge in [-0.2, -0.15) is 5.10 Å². The number of carbonyl (C=O) groups excluding carboxylic acids is 1. The molecule has 2 N–H and O–H groups in total. The van der Waals surface area contributed by atoms with E-state index in [0.29, 0.717) is 18.7 Å². The first-order valence-corrected chi connectivity index (χ1v) is 11.2. The summed E-state index contributed by atoms with van der Waals surface area (Å²) in [6, 6.07) is 21.7. The number of nitrogens with one attached hydrogen (secondary N) is 2. The average molecular weight is 450 g/mol. The molecule has 3 aromatic heterocycles. The average Bonchev–Trinajstić information content (AvgIpc) is 3.57. The van der Waals surface area contributed by atoms with Crippen molar-refractivity contribution in [2.24, 2.45) is 0 Å². The fraction of sp³-hybridized carbons (Fsp3) is 0.148. The maximum absolute atomic E-state index is 13.5. The summed E-state index contributed by atoms with van der Waals surface area (Å²) >= 11 is 0. The Balaban J connectivity index is 1.36. The van der Waals surface area contributed by atoms with Gasteiger partial charge in [-0.3, -0.25) is 14.9 Å². The smallest absolute Gasteiger partial charge is 0.273 e. The van der Waals surface area contributed by atoms with Gasteiger partial charge in [0.25, 0.3) is 5.91 Å². The Bertz CT molecular complexity index is 1470. The summed E-state index contributed by atoms with van der Waals surface area (Å²) in [5.74, 6) is 0.778. The first-order valence-electron chi connectivity index (χ1n) is 11.2. The summed E-state index contributed by atoms with van der Waals surface area (Å²) in [6.45, 7) is 0.555. The Morgan fingerprint density at radius 3 is 2.74 bits per heavy atom. The molecule has 0 saturated heterocycles. The van der Waals surface area contributed by atoms with Gasteiger partial charge in [0.15, 0.2) is 0 Å². The van der Waals surface area contributed by atoms with Gasteiger partial charge in [0.05, 0.1) is 18.8 Å². The lowest BCUT2D eigenvalue weighted by Gasteiger charge is -2.26. The largest absolute Gasteiger partial charge is 0.497 e. The van der Waals surface area contributed by atoms with Crippen LogP contribution in [0.5, 0.6) is 5.75 Å². The molecule has 5 aromatic rings. The van der Waals surface area contributed by atoms with Crippen LogP contribution in [-0.2, 0) is 6.42 Å². The first kappa shape index (κ1) is 20.2. The molecule has 0 bridgehead atoms. The third kappa shape index (κ3) is 3.33. The van der Waals surface area contributed by atoms with E-state index in [1.54, 1.807) is 13.3 Å². The molecule has 168 valence electrons. The fourth-order valence-corrected chi connectivity index (χ4v) is 4.80. The van der Waals surface area contributed by atoms with Crippen molar-refractivity contribution >= 4 is 16.8 Å². The van der Waals surface area contributed by atoms with Crippen LogP contribution in [0.15, 0.2) is 79.1 Å². The van der Waals surface area contributed by atoms with Gasteiger partial charge in [-0.15, -0.1) is 0 Å². The van der Waals surface area contributed by atoms with Crippen molar-refractivity contribution in [3.63, 3.8) is 0 Å². The number of ether oxygens (including phenoxy) is 1. The molecule has 7 heteroatoms. The molecule has 6 rings (SSSR count). The highest BCUT2D eigenvalue weighted by molar-refractivity contribution is 6.00. The van der Waals surface area contributed by atoms with Crippen molar-refractivity contribution in [2.45, 2.75) is 12.5 Å². The highest BCUT2D eigenvalue weighted by atomic mass is 16.5. The van der Waals surface area contributed by atoms with Crippen LogP contribution in [0.1, 0.15) is 33.4 Å². The number of benzene rings is 2. The van der Waals surface area contributed by atoms with E-state index in [4.69, 9.17) is 4.74 Å². The molecule has 0 fully saturated rings. The Morgan fingerprint density at radius 1 is 1.06 bits per heavy atom. The second kappa shape index (κ2) is 8.19. The maximum Gasteiger partial charge on any atom is 0.273 e. The van der Waals surface area contributed by atoms with Gasteiger partial charge in [-0.1, -0.05) is 36.4 Å². The summed E-state index contributed by atoms with van der Waals surface area (Å²) in [6.07, 6.45) is 4.27. The molecule has 0 aliphatic carbocycles. The molecule has 2 aromatic carbocycles. The van der Waals surface area contributed by atoms with Gasteiger partial charge in [0, 0.05) is 53.1 Å². The summed E-state index contributed by atoms with van der Waals surface area (Å²) < 4.78 is 5.34. The Morgan fingerprint density at radius 2 is 1.94 bits per heavy atom. The molecule has 0 radical (unpaired) electrons. The molecule has 1 aliphatic heterocycles. The predicted molar refractivity (Wildman–Crippen MR) is 130 cm³/mol. The molecule has 1 atom stereocenters. The van der Waals surface area contributed by atoms with Crippen LogP contribution in [0.3, 0.4) is 0 Å². The van der Waals surface area contributed by atoms with Crippen LogP contribution in [0.4, 0.5) is 0 Å². The molecule has 0 saturated carbocycles. The number of fused-ring (bicyclic) bond motifs is 2. The van der Waals surface area contributed by atoms with Gasteiger partial charge in [0.1, 0.15) is 11.4 Å². The van der Waals surface area contributed by atoms with Gasteiger partial charge in [-0.25, -0.2) is 0 Å². The van der Waals surface area contributed by atoms with Crippen molar-refractivity contribution in [3.8, 4) is 17.0 Å². The first-order chi connectivity index (χ1) is 16.7. The van der Waals surface area contributed by atoms with Crippen LogP contribution in [0, 0.1) is 0 Å². The molecule has 34 heavy (non-hydrogen) atoms. The zero-order chi connectivity index (χ0) is 23.1. The topological polar surface area (TPSA) is 86.9 Å². The van der Waals surface area contributed by atoms with E-state index >= 15 is 0 Å². The van der Waals surface area contributed by atoms with E-state index in [1.807, 2.05) is 71.8 Å². The third-order valence-electron chi connectivity index (χ3n) is 6.42.